The Labute approximate surface area is 240 Å². The molecule has 3 saturated carbocycles. The van der Waals surface area contributed by atoms with Gasteiger partial charge >= 0.3 is 6.18 Å². The van der Waals surface area contributed by atoms with Crippen LogP contribution in [0.2, 0.25) is 0 Å². The SMILES string of the molecule is CCCCCSC1CCC(C#CC2CCC(C#CC3CCC(SCCCCC)CC3)C(C(F)(F)F)C2)CC1. The van der Waals surface area contributed by atoms with Crippen LogP contribution in [0, 0.1) is 53.3 Å². The van der Waals surface area contributed by atoms with Crippen molar-refractivity contribution in [2.45, 2.75) is 140 Å². The van der Waals surface area contributed by atoms with Gasteiger partial charge in [0.2, 0.25) is 0 Å². The van der Waals surface area contributed by atoms with Crippen LogP contribution in [0.5, 0.6) is 0 Å². The largest absolute Gasteiger partial charge is 0.393 e. The summed E-state index contributed by atoms with van der Waals surface area (Å²) in [4.78, 5) is 0. The third-order valence-electron chi connectivity index (χ3n) is 8.79. The Morgan fingerprint density at radius 2 is 1.03 bits per heavy atom. The summed E-state index contributed by atoms with van der Waals surface area (Å²) in [5, 5.41) is 1.48. The van der Waals surface area contributed by atoms with Gasteiger partial charge in [-0.2, -0.15) is 36.7 Å². The van der Waals surface area contributed by atoms with E-state index >= 15 is 0 Å². The predicted octanol–water partition coefficient (Wildman–Crippen LogP) is 10.6. The molecular formula is C33H51F3S2. The van der Waals surface area contributed by atoms with E-state index in [0.717, 1.165) is 42.6 Å². The second-order valence-corrected chi connectivity index (χ2v) is 14.8. The van der Waals surface area contributed by atoms with E-state index in [0.29, 0.717) is 12.3 Å². The summed E-state index contributed by atoms with van der Waals surface area (Å²) in [6.45, 7) is 4.48. The lowest BCUT2D eigenvalue weighted by atomic mass is 9.73. The fourth-order valence-corrected chi connectivity index (χ4v) is 8.87. The Hall–Kier alpha value is -0.390. The van der Waals surface area contributed by atoms with Crippen LogP contribution in [0.3, 0.4) is 0 Å². The lowest BCUT2D eigenvalue weighted by Crippen LogP contribution is -2.35. The first-order valence-corrected chi connectivity index (χ1v) is 17.8. The van der Waals surface area contributed by atoms with Gasteiger partial charge in [0.25, 0.3) is 0 Å². The molecule has 0 radical (unpaired) electrons. The molecule has 5 heteroatoms. The quantitative estimate of drug-likeness (QED) is 0.190. The zero-order valence-electron chi connectivity index (χ0n) is 23.9. The highest BCUT2D eigenvalue weighted by molar-refractivity contribution is 8.00. The predicted molar refractivity (Wildman–Crippen MR) is 161 cm³/mol. The molecule has 3 aliphatic carbocycles. The van der Waals surface area contributed by atoms with Gasteiger partial charge in [0.1, 0.15) is 0 Å². The molecular weight excluding hydrogens is 517 g/mol. The van der Waals surface area contributed by atoms with E-state index in [9.17, 15) is 13.2 Å². The smallest absolute Gasteiger partial charge is 0.171 e. The Morgan fingerprint density at radius 1 is 0.579 bits per heavy atom. The number of halogens is 3. The highest BCUT2D eigenvalue weighted by atomic mass is 32.2. The van der Waals surface area contributed by atoms with E-state index in [1.165, 1.54) is 75.7 Å². The monoisotopic (exact) mass is 568 g/mol. The van der Waals surface area contributed by atoms with Crippen LogP contribution in [-0.2, 0) is 0 Å². The minimum absolute atomic E-state index is 0.124. The molecule has 0 spiro atoms. The Morgan fingerprint density at radius 3 is 1.50 bits per heavy atom. The first kappa shape index (κ1) is 32.1. The highest BCUT2D eigenvalue weighted by Crippen LogP contribution is 2.44. The Kier molecular flexibility index (Phi) is 14.7. The molecule has 3 unspecified atom stereocenters. The summed E-state index contributed by atoms with van der Waals surface area (Å²) in [6, 6.07) is 0. The van der Waals surface area contributed by atoms with Crippen molar-refractivity contribution in [3.05, 3.63) is 0 Å². The van der Waals surface area contributed by atoms with Crippen LogP contribution in [0.15, 0.2) is 0 Å². The topological polar surface area (TPSA) is 0 Å². The van der Waals surface area contributed by atoms with Crippen LogP contribution in [0.4, 0.5) is 13.2 Å². The zero-order valence-corrected chi connectivity index (χ0v) is 25.6. The summed E-state index contributed by atoms with van der Waals surface area (Å²) in [5.41, 5.74) is 0. The summed E-state index contributed by atoms with van der Waals surface area (Å²) < 4.78 is 42.1. The van der Waals surface area contributed by atoms with Crippen molar-refractivity contribution >= 4 is 23.5 Å². The van der Waals surface area contributed by atoms with Gasteiger partial charge in [0, 0.05) is 34.2 Å². The van der Waals surface area contributed by atoms with Gasteiger partial charge < -0.3 is 0 Å². The number of rotatable bonds is 10. The van der Waals surface area contributed by atoms with E-state index in [-0.39, 0.29) is 18.3 Å². The van der Waals surface area contributed by atoms with Crippen molar-refractivity contribution in [2.75, 3.05) is 11.5 Å². The van der Waals surface area contributed by atoms with Gasteiger partial charge in [0.05, 0.1) is 5.92 Å². The average molecular weight is 569 g/mol. The number of alkyl halides is 3. The van der Waals surface area contributed by atoms with E-state index in [1.54, 1.807) is 0 Å². The van der Waals surface area contributed by atoms with Crippen LogP contribution in [-0.4, -0.2) is 28.2 Å². The van der Waals surface area contributed by atoms with Crippen molar-refractivity contribution in [1.29, 1.82) is 0 Å². The molecule has 216 valence electrons. The molecule has 0 aromatic carbocycles. The molecule has 0 saturated heterocycles. The van der Waals surface area contributed by atoms with E-state index in [1.807, 2.05) is 0 Å². The summed E-state index contributed by atoms with van der Waals surface area (Å²) in [5.74, 6) is 14.4. The van der Waals surface area contributed by atoms with E-state index in [4.69, 9.17) is 0 Å². The van der Waals surface area contributed by atoms with Gasteiger partial charge in [-0.05, 0) is 95.0 Å². The van der Waals surface area contributed by atoms with Crippen molar-refractivity contribution < 1.29 is 13.2 Å². The minimum atomic E-state index is -4.18. The minimum Gasteiger partial charge on any atom is -0.171 e. The molecule has 3 atom stereocenters. The Bertz CT molecular complexity index is 770. The van der Waals surface area contributed by atoms with Crippen LogP contribution < -0.4 is 0 Å². The summed E-state index contributed by atoms with van der Waals surface area (Å²) in [7, 11) is 0. The second-order valence-electron chi connectivity index (χ2n) is 11.9. The maximum Gasteiger partial charge on any atom is 0.393 e. The molecule has 0 aromatic rings. The van der Waals surface area contributed by atoms with Gasteiger partial charge in [-0.1, -0.05) is 63.2 Å². The van der Waals surface area contributed by atoms with Crippen LogP contribution >= 0.6 is 23.5 Å². The number of unbranched alkanes of at least 4 members (excludes halogenated alkanes) is 4. The molecule has 3 fully saturated rings. The fourth-order valence-electron chi connectivity index (χ4n) is 6.25. The standard InChI is InChI=1S/C33H51F3S2/c1-3-5-7-23-37-30-19-13-26(14-20-30)9-10-28-12-18-29(32(25-28)33(34,35)36)17-11-27-15-21-31(22-16-27)38-24-8-6-4-2/h26-32H,3-8,12-16,18-25H2,1-2H3. The first-order chi connectivity index (χ1) is 18.4. The molecule has 0 bridgehead atoms. The molecule has 0 N–H and O–H groups in total. The van der Waals surface area contributed by atoms with E-state index < -0.39 is 18.0 Å². The maximum absolute atomic E-state index is 14.0. The van der Waals surface area contributed by atoms with Crippen molar-refractivity contribution in [2.24, 2.45) is 29.6 Å². The fraction of sp³-hybridized carbons (Fsp3) is 0.879. The van der Waals surface area contributed by atoms with E-state index in [2.05, 4.69) is 61.1 Å². The van der Waals surface area contributed by atoms with Gasteiger partial charge in [-0.25, -0.2) is 0 Å². The van der Waals surface area contributed by atoms with Crippen molar-refractivity contribution in [3.8, 4) is 23.7 Å². The molecule has 3 rings (SSSR count). The van der Waals surface area contributed by atoms with Gasteiger partial charge in [0.15, 0.2) is 0 Å². The first-order valence-electron chi connectivity index (χ1n) is 15.7. The number of hydrogen-bond donors (Lipinski definition) is 0. The maximum atomic E-state index is 14.0. The molecule has 0 aromatic heterocycles. The molecule has 0 nitrogen and oxygen atoms in total. The molecule has 0 aliphatic heterocycles. The van der Waals surface area contributed by atoms with Gasteiger partial charge in [-0.3, -0.25) is 0 Å². The normalized spacial score (nSPS) is 32.1. The van der Waals surface area contributed by atoms with Gasteiger partial charge in [-0.15, -0.1) is 0 Å². The average Bonchev–Trinajstić information content (AvgIpc) is 2.92. The molecule has 0 amide bonds. The highest BCUT2D eigenvalue weighted by Gasteiger charge is 2.47. The molecule has 3 aliphatic rings. The Balaban J connectivity index is 1.43. The molecule has 38 heavy (non-hydrogen) atoms. The lowest BCUT2D eigenvalue weighted by Gasteiger charge is -2.33. The number of hydrogen-bond acceptors (Lipinski definition) is 2. The summed E-state index contributed by atoms with van der Waals surface area (Å²) in [6.07, 6.45) is 14.1. The molecule has 0 heterocycles. The third-order valence-corrected chi connectivity index (χ3v) is 11.7. The van der Waals surface area contributed by atoms with Crippen LogP contribution in [0.25, 0.3) is 0 Å². The second kappa shape index (κ2) is 17.4. The summed E-state index contributed by atoms with van der Waals surface area (Å²) >= 11 is 4.22. The van der Waals surface area contributed by atoms with Crippen LogP contribution in [0.1, 0.15) is 123 Å². The van der Waals surface area contributed by atoms with Crippen molar-refractivity contribution in [3.63, 3.8) is 0 Å². The zero-order chi connectivity index (χ0) is 27.2. The van der Waals surface area contributed by atoms with Crippen molar-refractivity contribution in [1.82, 2.24) is 0 Å². The third kappa shape index (κ3) is 11.6. The number of thioether (sulfide) groups is 2. The lowest BCUT2D eigenvalue weighted by molar-refractivity contribution is -0.192.